The number of carbonyl (C=O) groups is 2. The molecule has 1 heterocycles. The Bertz CT molecular complexity index is 623. The fourth-order valence-corrected chi connectivity index (χ4v) is 3.02. The molecule has 1 aromatic rings. The maximum absolute atomic E-state index is 12.1. The first-order valence-electron chi connectivity index (χ1n) is 6.63. The van der Waals surface area contributed by atoms with Gasteiger partial charge in [-0.2, -0.15) is 0 Å². The minimum Gasteiger partial charge on any atom is -0.419 e. The zero-order valence-electron chi connectivity index (χ0n) is 11.0. The summed E-state index contributed by atoms with van der Waals surface area (Å²) in [4.78, 5) is 24.2. The molecule has 0 atom stereocenters. The fraction of sp³-hybridized carbons (Fsp3) is 0.333. The number of benzene rings is 1. The van der Waals surface area contributed by atoms with E-state index in [9.17, 15) is 9.59 Å². The van der Waals surface area contributed by atoms with Gasteiger partial charge in [0.25, 0.3) is 5.79 Å². The highest BCUT2D eigenvalue weighted by Crippen LogP contribution is 2.39. The first-order valence-corrected chi connectivity index (χ1v) is 7.38. The lowest BCUT2D eigenvalue weighted by Crippen LogP contribution is -2.44. The number of hydrogen-bond donors (Lipinski definition) is 0. The topological polar surface area (TPSA) is 52.6 Å². The second kappa shape index (κ2) is 5.35. The summed E-state index contributed by atoms with van der Waals surface area (Å²) < 4.78 is 10.7. The molecule has 2 fully saturated rings. The van der Waals surface area contributed by atoms with Crippen LogP contribution in [0, 0.1) is 0 Å². The predicted molar refractivity (Wildman–Crippen MR) is 77.8 cm³/mol. The normalized spacial score (nSPS) is 20.4. The Morgan fingerprint density at radius 1 is 1.05 bits per heavy atom. The van der Waals surface area contributed by atoms with E-state index in [-0.39, 0.29) is 5.57 Å². The Hall–Kier alpha value is -1.52. The van der Waals surface area contributed by atoms with Crippen molar-refractivity contribution in [1.82, 2.24) is 0 Å². The third kappa shape index (κ3) is 2.78. The lowest BCUT2D eigenvalue weighted by molar-refractivity contribution is -0.232. The molecule has 21 heavy (non-hydrogen) atoms. The van der Waals surface area contributed by atoms with Crippen molar-refractivity contribution >= 4 is 41.2 Å². The van der Waals surface area contributed by atoms with E-state index in [1.807, 2.05) is 0 Å². The number of ether oxygens (including phenoxy) is 2. The van der Waals surface area contributed by atoms with Crippen LogP contribution in [0.3, 0.4) is 0 Å². The fourth-order valence-electron chi connectivity index (χ4n) is 2.56. The summed E-state index contributed by atoms with van der Waals surface area (Å²) in [5.41, 5.74) is 0.351. The van der Waals surface area contributed by atoms with Crippen LogP contribution in [-0.2, 0) is 19.1 Å². The second-order valence-corrected chi connectivity index (χ2v) is 5.96. The molecule has 110 valence electrons. The number of hydrogen-bond acceptors (Lipinski definition) is 4. The SMILES string of the molecule is O=C1OC2(CCCC2)OC(=O)C1=Cc1ccc(Cl)cc1Cl. The van der Waals surface area contributed by atoms with E-state index in [2.05, 4.69) is 0 Å². The Balaban J connectivity index is 1.90. The van der Waals surface area contributed by atoms with Crippen molar-refractivity contribution in [3.8, 4) is 0 Å². The zero-order chi connectivity index (χ0) is 15.0. The van der Waals surface area contributed by atoms with E-state index < -0.39 is 17.7 Å². The Morgan fingerprint density at radius 3 is 2.24 bits per heavy atom. The molecule has 0 bridgehead atoms. The molecule has 0 amide bonds. The predicted octanol–water partition coefficient (Wildman–Crippen LogP) is 3.75. The lowest BCUT2D eigenvalue weighted by Gasteiger charge is -2.32. The standard InChI is InChI=1S/C15H12Cl2O4/c16-10-4-3-9(12(17)8-10)7-11-13(18)20-15(21-14(11)19)5-1-2-6-15/h3-4,7-8H,1-2,5-6H2. The van der Waals surface area contributed by atoms with Crippen molar-refractivity contribution in [2.24, 2.45) is 0 Å². The molecule has 0 unspecified atom stereocenters. The molecule has 0 radical (unpaired) electrons. The van der Waals surface area contributed by atoms with E-state index in [1.54, 1.807) is 12.1 Å². The van der Waals surface area contributed by atoms with E-state index in [0.29, 0.717) is 28.5 Å². The molecule has 0 aromatic heterocycles. The van der Waals surface area contributed by atoms with E-state index in [0.717, 1.165) is 12.8 Å². The van der Waals surface area contributed by atoms with Crippen molar-refractivity contribution in [1.29, 1.82) is 0 Å². The molecule has 2 aliphatic rings. The molecule has 6 heteroatoms. The van der Waals surface area contributed by atoms with Crippen LogP contribution in [0.15, 0.2) is 23.8 Å². The zero-order valence-corrected chi connectivity index (χ0v) is 12.5. The first kappa shape index (κ1) is 14.4. The second-order valence-electron chi connectivity index (χ2n) is 5.12. The summed E-state index contributed by atoms with van der Waals surface area (Å²) in [7, 11) is 0. The minimum absolute atomic E-state index is 0.156. The van der Waals surface area contributed by atoms with Gasteiger partial charge < -0.3 is 9.47 Å². The third-order valence-electron chi connectivity index (χ3n) is 3.62. The molecule has 1 saturated heterocycles. The Kier molecular flexibility index (Phi) is 3.68. The van der Waals surface area contributed by atoms with Crippen LogP contribution < -0.4 is 0 Å². The van der Waals surface area contributed by atoms with Gasteiger partial charge in [-0.25, -0.2) is 9.59 Å². The van der Waals surface area contributed by atoms with Gasteiger partial charge in [-0.15, -0.1) is 0 Å². The number of halogens is 2. The van der Waals surface area contributed by atoms with Crippen LogP contribution in [0.4, 0.5) is 0 Å². The van der Waals surface area contributed by atoms with Crippen molar-refractivity contribution < 1.29 is 19.1 Å². The molecular weight excluding hydrogens is 315 g/mol. The van der Waals surface area contributed by atoms with Crippen LogP contribution in [0.5, 0.6) is 0 Å². The first-order chi connectivity index (χ1) is 9.99. The third-order valence-corrected chi connectivity index (χ3v) is 4.19. The maximum atomic E-state index is 12.1. The molecule has 1 aromatic carbocycles. The smallest absolute Gasteiger partial charge is 0.348 e. The van der Waals surface area contributed by atoms with Crippen LogP contribution in [0.2, 0.25) is 10.0 Å². The van der Waals surface area contributed by atoms with Gasteiger partial charge in [-0.3, -0.25) is 0 Å². The van der Waals surface area contributed by atoms with Gasteiger partial charge in [-0.05, 0) is 36.6 Å². The van der Waals surface area contributed by atoms with Crippen molar-refractivity contribution in [3.05, 3.63) is 39.4 Å². The van der Waals surface area contributed by atoms with Crippen molar-refractivity contribution in [3.63, 3.8) is 0 Å². The average Bonchev–Trinajstić information content (AvgIpc) is 2.84. The van der Waals surface area contributed by atoms with Gasteiger partial charge in [0.05, 0.1) is 0 Å². The summed E-state index contributed by atoms with van der Waals surface area (Å²) in [6.45, 7) is 0. The molecule has 1 aliphatic carbocycles. The number of rotatable bonds is 1. The van der Waals surface area contributed by atoms with Gasteiger partial charge in [0.2, 0.25) is 0 Å². The molecule has 0 N–H and O–H groups in total. The van der Waals surface area contributed by atoms with Crippen LogP contribution in [0.1, 0.15) is 31.2 Å². The summed E-state index contributed by atoms with van der Waals surface area (Å²) in [5.74, 6) is -2.40. The maximum Gasteiger partial charge on any atom is 0.348 e. The van der Waals surface area contributed by atoms with Crippen LogP contribution in [0.25, 0.3) is 6.08 Å². The van der Waals surface area contributed by atoms with Crippen molar-refractivity contribution in [2.75, 3.05) is 0 Å². The quantitative estimate of drug-likeness (QED) is 0.448. The highest BCUT2D eigenvalue weighted by atomic mass is 35.5. The summed E-state index contributed by atoms with van der Waals surface area (Å²) in [6, 6.07) is 4.78. The number of carbonyl (C=O) groups excluding carboxylic acids is 2. The minimum atomic E-state index is -1.06. The lowest BCUT2D eigenvalue weighted by atomic mass is 10.1. The highest BCUT2D eigenvalue weighted by Gasteiger charge is 2.47. The Labute approximate surface area is 131 Å². The molecule has 1 saturated carbocycles. The average molecular weight is 327 g/mol. The molecule has 3 rings (SSSR count). The van der Waals surface area contributed by atoms with Crippen LogP contribution >= 0.6 is 23.2 Å². The van der Waals surface area contributed by atoms with Gasteiger partial charge in [-0.1, -0.05) is 29.3 Å². The summed E-state index contributed by atoms with van der Waals surface area (Å²) >= 11 is 11.8. The van der Waals surface area contributed by atoms with Crippen LogP contribution in [-0.4, -0.2) is 17.7 Å². The monoisotopic (exact) mass is 326 g/mol. The molecule has 1 spiro atoms. The molecule has 1 aliphatic heterocycles. The Morgan fingerprint density at radius 2 is 1.67 bits per heavy atom. The van der Waals surface area contributed by atoms with E-state index >= 15 is 0 Å². The van der Waals surface area contributed by atoms with Gasteiger partial charge in [0.15, 0.2) is 0 Å². The van der Waals surface area contributed by atoms with Crippen molar-refractivity contribution in [2.45, 2.75) is 31.5 Å². The largest absolute Gasteiger partial charge is 0.419 e. The van der Waals surface area contributed by atoms with Gasteiger partial charge in [0.1, 0.15) is 5.57 Å². The summed E-state index contributed by atoms with van der Waals surface area (Å²) in [5, 5.41) is 0.817. The van der Waals surface area contributed by atoms with Gasteiger partial charge in [0, 0.05) is 22.9 Å². The summed E-state index contributed by atoms with van der Waals surface area (Å²) in [6.07, 6.45) is 4.23. The highest BCUT2D eigenvalue weighted by molar-refractivity contribution is 6.35. The van der Waals surface area contributed by atoms with E-state index in [4.69, 9.17) is 32.7 Å². The number of esters is 2. The van der Waals surface area contributed by atoms with Gasteiger partial charge >= 0.3 is 11.9 Å². The molecular formula is C15H12Cl2O4. The molecule has 4 nitrogen and oxygen atoms in total. The van der Waals surface area contributed by atoms with E-state index in [1.165, 1.54) is 12.1 Å².